The Morgan fingerprint density at radius 1 is 1.00 bits per heavy atom. The molecule has 0 heterocycles. The van der Waals surface area contributed by atoms with Crippen molar-refractivity contribution >= 4 is 0 Å². The molecule has 0 spiro atoms. The molecule has 0 saturated heterocycles. The van der Waals surface area contributed by atoms with Crippen molar-refractivity contribution in [2.24, 2.45) is 0 Å². The molecule has 0 radical (unpaired) electrons. The van der Waals surface area contributed by atoms with Gasteiger partial charge in [-0.25, -0.2) is 4.39 Å². The molecule has 3 heteroatoms. The first kappa shape index (κ1) is 15.5. The van der Waals surface area contributed by atoms with Gasteiger partial charge in [0.25, 0.3) is 0 Å². The van der Waals surface area contributed by atoms with Crippen molar-refractivity contribution < 1.29 is 9.13 Å². The summed E-state index contributed by atoms with van der Waals surface area (Å²) in [5.74, 6) is 0.545. The minimum atomic E-state index is -0.222. The van der Waals surface area contributed by atoms with Crippen molar-refractivity contribution in [1.82, 2.24) is 5.32 Å². The van der Waals surface area contributed by atoms with E-state index >= 15 is 0 Å². The number of halogens is 1. The van der Waals surface area contributed by atoms with Gasteiger partial charge in [-0.2, -0.15) is 0 Å². The smallest absolute Gasteiger partial charge is 0.129 e. The summed E-state index contributed by atoms with van der Waals surface area (Å²) in [4.78, 5) is 0. The van der Waals surface area contributed by atoms with Crippen molar-refractivity contribution in [3.8, 4) is 5.75 Å². The molecule has 0 aliphatic carbocycles. The molecule has 0 bridgehead atoms. The Balaban J connectivity index is 2.00. The van der Waals surface area contributed by atoms with E-state index < -0.39 is 0 Å². The van der Waals surface area contributed by atoms with Gasteiger partial charge in [0.05, 0.1) is 0 Å². The van der Waals surface area contributed by atoms with Crippen LogP contribution in [0.1, 0.15) is 30.5 Å². The van der Waals surface area contributed by atoms with Gasteiger partial charge in [-0.15, -0.1) is 0 Å². The van der Waals surface area contributed by atoms with Gasteiger partial charge in [0.2, 0.25) is 0 Å². The highest BCUT2D eigenvalue weighted by atomic mass is 19.1. The number of hydrogen-bond donors (Lipinski definition) is 1. The third-order valence-electron chi connectivity index (χ3n) is 3.42. The van der Waals surface area contributed by atoms with Crippen LogP contribution in [0.5, 0.6) is 5.75 Å². The maximum Gasteiger partial charge on any atom is 0.129 e. The molecule has 2 rings (SSSR count). The van der Waals surface area contributed by atoms with E-state index in [1.54, 1.807) is 6.07 Å². The van der Waals surface area contributed by atoms with Crippen LogP contribution in [0.25, 0.3) is 0 Å². The molecule has 0 fully saturated rings. The van der Waals surface area contributed by atoms with E-state index in [0.717, 1.165) is 30.8 Å². The van der Waals surface area contributed by atoms with Crippen LogP contribution < -0.4 is 10.1 Å². The highest BCUT2D eigenvalue weighted by Gasteiger charge is 2.05. The van der Waals surface area contributed by atoms with Crippen LogP contribution in [0.2, 0.25) is 0 Å². The lowest BCUT2D eigenvalue weighted by Gasteiger charge is -2.10. The van der Waals surface area contributed by atoms with Crippen LogP contribution in [-0.2, 0) is 19.6 Å². The maximum atomic E-state index is 13.8. The maximum absolute atomic E-state index is 13.8. The summed E-state index contributed by atoms with van der Waals surface area (Å²) in [5.41, 5.74) is 2.92. The highest BCUT2D eigenvalue weighted by Crippen LogP contribution is 2.17. The number of ether oxygens (including phenoxy) is 1. The third-order valence-corrected chi connectivity index (χ3v) is 3.42. The Morgan fingerprint density at radius 2 is 1.71 bits per heavy atom. The lowest BCUT2D eigenvalue weighted by atomic mass is 10.1. The fourth-order valence-corrected chi connectivity index (χ4v) is 2.10. The Hall–Kier alpha value is -1.87. The van der Waals surface area contributed by atoms with Crippen LogP contribution in [0.3, 0.4) is 0 Å². The summed E-state index contributed by atoms with van der Waals surface area (Å²) in [6, 6.07) is 13.1. The summed E-state index contributed by atoms with van der Waals surface area (Å²) in [6.45, 7) is 6.05. The number of nitrogens with one attached hydrogen (secondary N) is 1. The first-order valence-electron chi connectivity index (χ1n) is 7.42. The molecule has 0 amide bonds. The molecule has 0 aromatic heterocycles. The van der Waals surface area contributed by atoms with E-state index in [1.165, 1.54) is 11.6 Å². The quantitative estimate of drug-likeness (QED) is 0.828. The predicted octanol–water partition coefficient (Wildman–Crippen LogP) is 4.08. The molecule has 0 aliphatic rings. The second-order valence-corrected chi connectivity index (χ2v) is 4.99. The van der Waals surface area contributed by atoms with E-state index in [1.807, 2.05) is 37.3 Å². The van der Waals surface area contributed by atoms with Gasteiger partial charge in [-0.05, 0) is 48.4 Å². The lowest BCUT2D eigenvalue weighted by Crippen LogP contribution is -2.12. The standard InChI is InChI=1S/C18H22FNO/c1-3-14-5-8-17(9-6-14)21-13-16-11-15(12-20-4-2)7-10-18(16)19/h5-11,20H,3-4,12-13H2,1-2H3. The molecule has 0 unspecified atom stereocenters. The summed E-state index contributed by atoms with van der Waals surface area (Å²) in [6.07, 6.45) is 1.00. The molecule has 0 aliphatic heterocycles. The van der Waals surface area contributed by atoms with Crippen LogP contribution in [0, 0.1) is 5.82 Å². The Morgan fingerprint density at radius 3 is 2.38 bits per heavy atom. The van der Waals surface area contributed by atoms with Crippen LogP contribution in [0.4, 0.5) is 4.39 Å². The SMILES string of the molecule is CCNCc1ccc(F)c(COc2ccc(CC)cc2)c1. The van der Waals surface area contributed by atoms with Crippen molar-refractivity contribution in [1.29, 1.82) is 0 Å². The zero-order valence-corrected chi connectivity index (χ0v) is 12.7. The highest BCUT2D eigenvalue weighted by molar-refractivity contribution is 5.29. The van der Waals surface area contributed by atoms with Gasteiger partial charge >= 0.3 is 0 Å². The molecule has 0 saturated carbocycles. The van der Waals surface area contributed by atoms with Crippen molar-refractivity contribution in [3.05, 3.63) is 65.0 Å². The van der Waals surface area contributed by atoms with Gasteiger partial charge < -0.3 is 10.1 Å². The lowest BCUT2D eigenvalue weighted by molar-refractivity contribution is 0.299. The van der Waals surface area contributed by atoms with E-state index in [2.05, 4.69) is 12.2 Å². The van der Waals surface area contributed by atoms with Gasteiger partial charge in [0.15, 0.2) is 0 Å². The Labute approximate surface area is 126 Å². The van der Waals surface area contributed by atoms with Crippen LogP contribution >= 0.6 is 0 Å². The van der Waals surface area contributed by atoms with Gasteiger partial charge in [-0.1, -0.05) is 32.0 Å². The normalized spacial score (nSPS) is 10.6. The van der Waals surface area contributed by atoms with Gasteiger partial charge in [0, 0.05) is 12.1 Å². The molecule has 21 heavy (non-hydrogen) atoms. The van der Waals surface area contributed by atoms with E-state index in [0.29, 0.717) is 5.56 Å². The monoisotopic (exact) mass is 287 g/mol. The summed E-state index contributed by atoms with van der Waals surface area (Å²) >= 11 is 0. The Bertz CT molecular complexity index is 566. The molecule has 0 atom stereocenters. The summed E-state index contributed by atoms with van der Waals surface area (Å²) in [5, 5.41) is 3.23. The number of aryl methyl sites for hydroxylation is 1. The molecule has 2 nitrogen and oxygen atoms in total. The first-order valence-corrected chi connectivity index (χ1v) is 7.42. The van der Waals surface area contributed by atoms with E-state index in [9.17, 15) is 4.39 Å². The van der Waals surface area contributed by atoms with Crippen molar-refractivity contribution in [3.63, 3.8) is 0 Å². The van der Waals surface area contributed by atoms with Crippen molar-refractivity contribution in [2.45, 2.75) is 33.4 Å². The summed E-state index contributed by atoms with van der Waals surface area (Å²) in [7, 11) is 0. The fourth-order valence-electron chi connectivity index (χ4n) is 2.10. The second kappa shape index (κ2) is 7.79. The van der Waals surface area contributed by atoms with E-state index in [-0.39, 0.29) is 12.4 Å². The zero-order chi connectivity index (χ0) is 15.1. The number of hydrogen-bond acceptors (Lipinski definition) is 2. The minimum absolute atomic E-state index is 0.222. The molecule has 2 aromatic rings. The fraction of sp³-hybridized carbons (Fsp3) is 0.333. The molecule has 2 aromatic carbocycles. The average molecular weight is 287 g/mol. The predicted molar refractivity (Wildman–Crippen MR) is 83.9 cm³/mol. The zero-order valence-electron chi connectivity index (χ0n) is 12.7. The molecular formula is C18H22FNO. The molecule has 1 N–H and O–H groups in total. The molecular weight excluding hydrogens is 265 g/mol. The minimum Gasteiger partial charge on any atom is -0.489 e. The van der Waals surface area contributed by atoms with Gasteiger partial charge in [0.1, 0.15) is 18.2 Å². The van der Waals surface area contributed by atoms with E-state index in [4.69, 9.17) is 4.74 Å². The first-order chi connectivity index (χ1) is 10.2. The summed E-state index contributed by atoms with van der Waals surface area (Å²) < 4.78 is 19.5. The largest absolute Gasteiger partial charge is 0.489 e. The molecule has 112 valence electrons. The topological polar surface area (TPSA) is 21.3 Å². The third kappa shape index (κ3) is 4.57. The van der Waals surface area contributed by atoms with Crippen molar-refractivity contribution in [2.75, 3.05) is 6.54 Å². The Kier molecular flexibility index (Phi) is 5.76. The number of benzene rings is 2. The number of rotatable bonds is 7. The average Bonchev–Trinajstić information content (AvgIpc) is 2.53. The van der Waals surface area contributed by atoms with Crippen LogP contribution in [-0.4, -0.2) is 6.54 Å². The van der Waals surface area contributed by atoms with Crippen LogP contribution in [0.15, 0.2) is 42.5 Å². The second-order valence-electron chi connectivity index (χ2n) is 4.99. The van der Waals surface area contributed by atoms with Gasteiger partial charge in [-0.3, -0.25) is 0 Å².